The zero-order valence-electron chi connectivity index (χ0n) is 14.8. The Kier molecular flexibility index (Phi) is 7.29. The second-order valence-electron chi connectivity index (χ2n) is 6.11. The Balaban J connectivity index is 1.64. The van der Waals surface area contributed by atoms with Crippen molar-refractivity contribution in [1.82, 2.24) is 10.6 Å². The summed E-state index contributed by atoms with van der Waals surface area (Å²) in [5, 5.41) is 14.7. The number of carbonyl (C=O) groups excluding carboxylic acids is 1. The van der Waals surface area contributed by atoms with Crippen molar-refractivity contribution in [2.75, 3.05) is 13.1 Å². The monoisotopic (exact) mass is 342 g/mol. The highest BCUT2D eigenvalue weighted by Crippen LogP contribution is 2.13. The predicted octanol–water partition coefficient (Wildman–Crippen LogP) is 2.80. The molecule has 25 heavy (non-hydrogen) atoms. The van der Waals surface area contributed by atoms with E-state index in [-0.39, 0.29) is 18.7 Å². The van der Waals surface area contributed by atoms with Gasteiger partial charge in [-0.3, -0.25) is 0 Å². The number of aryl methyl sites for hydroxylation is 1. The summed E-state index contributed by atoms with van der Waals surface area (Å²) in [5.74, 6) is 0.807. The lowest BCUT2D eigenvalue weighted by Gasteiger charge is -2.16. The minimum atomic E-state index is -0.202. The van der Waals surface area contributed by atoms with Crippen LogP contribution in [0.4, 0.5) is 4.79 Å². The van der Waals surface area contributed by atoms with Gasteiger partial charge in [0.1, 0.15) is 11.9 Å². The molecule has 2 aromatic carbocycles. The van der Waals surface area contributed by atoms with E-state index in [9.17, 15) is 4.79 Å². The van der Waals surface area contributed by atoms with Crippen LogP contribution < -0.4 is 15.4 Å². The van der Waals surface area contributed by atoms with Crippen LogP contribution in [0.5, 0.6) is 5.75 Å². The summed E-state index contributed by atoms with van der Waals surface area (Å²) in [7, 11) is 0. The Morgan fingerprint density at radius 3 is 2.52 bits per heavy atom. The zero-order chi connectivity index (χ0) is 18.1. The highest BCUT2D eigenvalue weighted by molar-refractivity contribution is 5.73. The van der Waals surface area contributed by atoms with Gasteiger partial charge in [0, 0.05) is 6.54 Å². The Morgan fingerprint density at radius 1 is 1.12 bits per heavy atom. The summed E-state index contributed by atoms with van der Waals surface area (Å²) in [6.45, 7) is 4.97. The molecule has 0 aliphatic heterocycles. The van der Waals surface area contributed by atoms with Crippen LogP contribution in [0, 0.1) is 6.92 Å². The van der Waals surface area contributed by atoms with Gasteiger partial charge in [-0.05, 0) is 49.1 Å². The summed E-state index contributed by atoms with van der Waals surface area (Å²) < 4.78 is 5.78. The SMILES string of the molecule is Cc1cccc(OC(C)CNC(=O)NCCc2ccc(CO)cc2)c1. The largest absolute Gasteiger partial charge is 0.489 e. The Morgan fingerprint density at radius 2 is 1.84 bits per heavy atom. The molecule has 1 unspecified atom stereocenters. The van der Waals surface area contributed by atoms with Crippen LogP contribution in [0.25, 0.3) is 0 Å². The zero-order valence-corrected chi connectivity index (χ0v) is 14.8. The quantitative estimate of drug-likeness (QED) is 0.691. The minimum absolute atomic E-state index is 0.0454. The molecule has 0 heterocycles. The fourth-order valence-electron chi connectivity index (χ4n) is 2.39. The van der Waals surface area contributed by atoms with Gasteiger partial charge < -0.3 is 20.5 Å². The summed E-state index contributed by atoms with van der Waals surface area (Å²) in [6, 6.07) is 15.3. The first-order valence-corrected chi connectivity index (χ1v) is 8.50. The minimum Gasteiger partial charge on any atom is -0.489 e. The molecule has 0 bridgehead atoms. The van der Waals surface area contributed by atoms with E-state index in [4.69, 9.17) is 9.84 Å². The molecule has 5 nitrogen and oxygen atoms in total. The van der Waals surface area contributed by atoms with Crippen LogP contribution in [-0.2, 0) is 13.0 Å². The second-order valence-corrected chi connectivity index (χ2v) is 6.11. The van der Waals surface area contributed by atoms with Gasteiger partial charge in [-0.2, -0.15) is 0 Å². The molecular formula is C20H26N2O3. The smallest absolute Gasteiger partial charge is 0.314 e. The van der Waals surface area contributed by atoms with E-state index >= 15 is 0 Å². The summed E-state index contributed by atoms with van der Waals surface area (Å²) in [6.07, 6.45) is 0.632. The first-order valence-electron chi connectivity index (χ1n) is 8.50. The Bertz CT molecular complexity index is 671. The number of aliphatic hydroxyl groups is 1. The molecule has 0 saturated carbocycles. The molecule has 0 spiro atoms. The van der Waals surface area contributed by atoms with Gasteiger partial charge in [0.05, 0.1) is 13.2 Å². The third kappa shape index (κ3) is 6.85. The number of urea groups is 1. The summed E-state index contributed by atoms with van der Waals surface area (Å²) in [5.41, 5.74) is 3.15. The van der Waals surface area contributed by atoms with E-state index in [0.29, 0.717) is 13.1 Å². The van der Waals surface area contributed by atoms with E-state index in [2.05, 4.69) is 10.6 Å². The van der Waals surface area contributed by atoms with Crippen LogP contribution in [0.15, 0.2) is 48.5 Å². The highest BCUT2D eigenvalue weighted by atomic mass is 16.5. The molecule has 2 amide bonds. The molecule has 5 heteroatoms. The average molecular weight is 342 g/mol. The summed E-state index contributed by atoms with van der Waals surface area (Å²) >= 11 is 0. The van der Waals surface area contributed by atoms with Gasteiger partial charge in [-0.1, -0.05) is 36.4 Å². The van der Waals surface area contributed by atoms with Crippen molar-refractivity contribution in [3.63, 3.8) is 0 Å². The van der Waals surface area contributed by atoms with Crippen molar-refractivity contribution in [2.45, 2.75) is 33.0 Å². The lowest BCUT2D eigenvalue weighted by Crippen LogP contribution is -2.41. The number of aliphatic hydroxyl groups excluding tert-OH is 1. The van der Waals surface area contributed by atoms with Gasteiger partial charge in [0.2, 0.25) is 0 Å². The number of benzene rings is 2. The van der Waals surface area contributed by atoms with Crippen molar-refractivity contribution in [3.05, 3.63) is 65.2 Å². The molecule has 3 N–H and O–H groups in total. The molecule has 0 radical (unpaired) electrons. The van der Waals surface area contributed by atoms with Crippen molar-refractivity contribution in [2.24, 2.45) is 0 Å². The standard InChI is InChI=1S/C20H26N2O3/c1-15-4-3-5-19(12-15)25-16(2)13-22-20(24)21-11-10-17-6-8-18(14-23)9-7-17/h3-9,12,16,23H,10-11,13-14H2,1-2H3,(H2,21,22,24). The topological polar surface area (TPSA) is 70.6 Å². The van der Waals surface area contributed by atoms with Crippen LogP contribution >= 0.6 is 0 Å². The maximum Gasteiger partial charge on any atom is 0.314 e. The van der Waals surface area contributed by atoms with Crippen molar-refractivity contribution in [3.8, 4) is 5.75 Å². The van der Waals surface area contributed by atoms with Crippen LogP contribution in [0.2, 0.25) is 0 Å². The molecule has 0 saturated heterocycles. The number of nitrogens with one attached hydrogen (secondary N) is 2. The van der Waals surface area contributed by atoms with Crippen molar-refractivity contribution >= 4 is 6.03 Å². The molecule has 0 fully saturated rings. The first kappa shape index (κ1) is 18.8. The van der Waals surface area contributed by atoms with Crippen molar-refractivity contribution in [1.29, 1.82) is 0 Å². The molecular weight excluding hydrogens is 316 g/mol. The number of amides is 2. The average Bonchev–Trinajstić information content (AvgIpc) is 2.60. The second kappa shape index (κ2) is 9.69. The molecule has 0 aliphatic carbocycles. The van der Waals surface area contributed by atoms with Gasteiger partial charge >= 0.3 is 6.03 Å². The van der Waals surface area contributed by atoms with Gasteiger partial charge in [-0.15, -0.1) is 0 Å². The van der Waals surface area contributed by atoms with Crippen molar-refractivity contribution < 1.29 is 14.6 Å². The maximum absolute atomic E-state index is 11.8. The van der Waals surface area contributed by atoms with Crippen LogP contribution in [0.1, 0.15) is 23.6 Å². The number of ether oxygens (including phenoxy) is 1. The molecule has 1 atom stereocenters. The molecule has 0 aliphatic rings. The van der Waals surface area contributed by atoms with Gasteiger partial charge in [0.25, 0.3) is 0 Å². The first-order chi connectivity index (χ1) is 12.1. The Hall–Kier alpha value is -2.53. The summed E-state index contributed by atoms with van der Waals surface area (Å²) in [4.78, 5) is 11.8. The Labute approximate surface area is 149 Å². The highest BCUT2D eigenvalue weighted by Gasteiger charge is 2.07. The van der Waals surface area contributed by atoms with Crippen LogP contribution in [0.3, 0.4) is 0 Å². The van der Waals surface area contributed by atoms with E-state index in [1.54, 1.807) is 0 Å². The number of carbonyl (C=O) groups is 1. The fraction of sp³-hybridized carbons (Fsp3) is 0.350. The number of hydrogen-bond acceptors (Lipinski definition) is 3. The third-order valence-electron chi connectivity index (χ3n) is 3.78. The normalized spacial score (nSPS) is 11.6. The van der Waals surface area contributed by atoms with Crippen LogP contribution in [-0.4, -0.2) is 30.3 Å². The van der Waals surface area contributed by atoms with Gasteiger partial charge in [0.15, 0.2) is 0 Å². The van der Waals surface area contributed by atoms with E-state index < -0.39 is 0 Å². The maximum atomic E-state index is 11.8. The molecule has 134 valence electrons. The van der Waals surface area contributed by atoms with E-state index in [1.807, 2.05) is 62.4 Å². The number of hydrogen-bond donors (Lipinski definition) is 3. The van der Waals surface area contributed by atoms with E-state index in [1.165, 1.54) is 0 Å². The van der Waals surface area contributed by atoms with Gasteiger partial charge in [-0.25, -0.2) is 4.79 Å². The van der Waals surface area contributed by atoms with E-state index in [0.717, 1.165) is 28.9 Å². The third-order valence-corrected chi connectivity index (χ3v) is 3.78. The predicted molar refractivity (Wildman–Crippen MR) is 98.7 cm³/mol. The molecule has 2 rings (SSSR count). The number of rotatable bonds is 8. The lowest BCUT2D eigenvalue weighted by molar-refractivity contribution is 0.207. The lowest BCUT2D eigenvalue weighted by atomic mass is 10.1. The fourth-order valence-corrected chi connectivity index (χ4v) is 2.39. The molecule has 0 aromatic heterocycles. The molecule has 2 aromatic rings.